The number of nitrogens with zero attached hydrogens (tertiary/aromatic N) is 1. The quantitative estimate of drug-likeness (QED) is 0.0316. The monoisotopic (exact) mass is 749 g/mol. The van der Waals surface area contributed by atoms with Crippen LogP contribution in [0.3, 0.4) is 0 Å². The third-order valence-corrected chi connectivity index (χ3v) is 10.5. The van der Waals surface area contributed by atoms with Gasteiger partial charge < -0.3 is 30.9 Å². The first kappa shape index (κ1) is 43.8. The van der Waals surface area contributed by atoms with Crippen LogP contribution in [0, 0.1) is 0 Å². The molecule has 0 radical (unpaired) electrons. The summed E-state index contributed by atoms with van der Waals surface area (Å²) < 4.78 is 0. The summed E-state index contributed by atoms with van der Waals surface area (Å²) in [4.78, 5) is 27.1. The summed E-state index contributed by atoms with van der Waals surface area (Å²) in [6, 6.07) is 17.9. The first-order valence-corrected chi connectivity index (χ1v) is 20.2. The van der Waals surface area contributed by atoms with Crippen LogP contribution in [0.2, 0.25) is 5.02 Å². The zero-order chi connectivity index (χ0) is 38.6. The molecule has 0 saturated carbocycles. The summed E-state index contributed by atoms with van der Waals surface area (Å²) in [6.45, 7) is 9.59. The predicted molar refractivity (Wildman–Crippen MR) is 218 cm³/mol. The third-order valence-electron chi connectivity index (χ3n) is 10.1. The molecule has 0 aliphatic carbocycles. The van der Waals surface area contributed by atoms with Crippen LogP contribution in [0.15, 0.2) is 60.7 Å². The molecule has 0 aliphatic rings. The highest BCUT2D eigenvalue weighted by Gasteiger charge is 2.27. The first-order valence-electron chi connectivity index (χ1n) is 19.8. The van der Waals surface area contributed by atoms with Crippen molar-refractivity contribution in [2.45, 2.75) is 142 Å². The van der Waals surface area contributed by atoms with Crippen LogP contribution in [-0.4, -0.2) is 51.2 Å². The second-order valence-corrected chi connectivity index (χ2v) is 15.5. The van der Waals surface area contributed by atoms with Gasteiger partial charge in [0, 0.05) is 30.2 Å². The lowest BCUT2D eigenvalue weighted by atomic mass is 9.87. The molecule has 0 spiro atoms. The van der Waals surface area contributed by atoms with Crippen molar-refractivity contribution in [1.82, 2.24) is 10.2 Å². The molecule has 8 nitrogen and oxygen atoms in total. The molecule has 0 fully saturated rings. The molecule has 5 N–H and O–H groups in total. The number of hydrogen-bond donors (Lipinski definition) is 5. The lowest BCUT2D eigenvalue weighted by Gasteiger charge is -2.30. The van der Waals surface area contributed by atoms with Crippen molar-refractivity contribution < 1.29 is 24.9 Å². The summed E-state index contributed by atoms with van der Waals surface area (Å²) in [5.74, 6) is -0.184. The standard InChI is InChI=1S/C44H64ClN3O5/c1-5-7-8-9-10-11-12-13-14-15-16-17-21-38(43(53)48(6-2)31-36-22-24-37(50)28-39(36)45)34-20-18-19-33(26-34)29-44(3,4)47-30-42(52)35-23-25-41(51)40(27-35)46-32-49/h18-20,22-28,32,38,42,47,50-52H,5-17,21,29-31H2,1-4H3,(H,46,49)/t38?,42-/m1/s1. The van der Waals surface area contributed by atoms with Gasteiger partial charge >= 0.3 is 0 Å². The average Bonchev–Trinajstić information content (AvgIpc) is 3.13. The van der Waals surface area contributed by atoms with Gasteiger partial charge in [0.2, 0.25) is 12.3 Å². The summed E-state index contributed by atoms with van der Waals surface area (Å²) in [5, 5.41) is 37.1. The Morgan fingerprint density at radius 1 is 0.849 bits per heavy atom. The molecule has 2 atom stereocenters. The van der Waals surface area contributed by atoms with Crippen molar-refractivity contribution in [2.75, 3.05) is 18.4 Å². The van der Waals surface area contributed by atoms with Crippen molar-refractivity contribution in [3.05, 3.63) is 87.9 Å². The van der Waals surface area contributed by atoms with E-state index in [1.54, 1.807) is 24.3 Å². The summed E-state index contributed by atoms with van der Waals surface area (Å²) >= 11 is 6.47. The number of aromatic hydroxyl groups is 2. The molecule has 1 unspecified atom stereocenters. The average molecular weight is 750 g/mol. The van der Waals surface area contributed by atoms with E-state index in [0.29, 0.717) is 36.5 Å². The summed E-state index contributed by atoms with van der Waals surface area (Å²) in [5.41, 5.74) is 3.32. The van der Waals surface area contributed by atoms with Gasteiger partial charge in [-0.2, -0.15) is 0 Å². The molecule has 0 saturated heterocycles. The van der Waals surface area contributed by atoms with E-state index in [-0.39, 0.29) is 41.1 Å². The van der Waals surface area contributed by atoms with Gasteiger partial charge in [-0.15, -0.1) is 0 Å². The number of nitrogens with one attached hydrogen (secondary N) is 2. The normalized spacial score (nSPS) is 12.7. The number of halogens is 1. The second kappa shape index (κ2) is 23.3. The maximum atomic E-state index is 14.3. The number of β-amino-alcohol motifs (C(OH)–C–C–N with tert-alkyl or cyclic N) is 1. The van der Waals surface area contributed by atoms with Crippen LogP contribution >= 0.6 is 11.6 Å². The molecule has 0 aromatic heterocycles. The fourth-order valence-electron chi connectivity index (χ4n) is 6.98. The first-order chi connectivity index (χ1) is 25.5. The Labute approximate surface area is 323 Å². The molecule has 0 heterocycles. The fourth-order valence-corrected chi connectivity index (χ4v) is 7.22. The van der Waals surface area contributed by atoms with E-state index < -0.39 is 6.10 Å². The van der Waals surface area contributed by atoms with Gasteiger partial charge in [0.15, 0.2) is 0 Å². The smallest absolute Gasteiger partial charge is 0.230 e. The minimum atomic E-state index is -0.854. The van der Waals surface area contributed by atoms with Gasteiger partial charge in [-0.3, -0.25) is 9.59 Å². The van der Waals surface area contributed by atoms with Gasteiger partial charge in [-0.1, -0.05) is 132 Å². The Bertz CT molecular complexity index is 1550. The minimum absolute atomic E-state index is 0.0666. The van der Waals surface area contributed by atoms with Crippen molar-refractivity contribution >= 4 is 29.6 Å². The van der Waals surface area contributed by atoms with E-state index in [9.17, 15) is 24.9 Å². The Morgan fingerprint density at radius 2 is 1.51 bits per heavy atom. The van der Waals surface area contributed by atoms with Gasteiger partial charge in [0.05, 0.1) is 17.7 Å². The predicted octanol–water partition coefficient (Wildman–Crippen LogP) is 10.2. The van der Waals surface area contributed by atoms with Crippen LogP contribution in [0.25, 0.3) is 0 Å². The van der Waals surface area contributed by atoms with Gasteiger partial charge in [0.1, 0.15) is 11.5 Å². The number of likely N-dealkylation sites (N-methyl/N-ethyl adjacent to an activating group) is 1. The molecule has 53 heavy (non-hydrogen) atoms. The van der Waals surface area contributed by atoms with Crippen molar-refractivity contribution in [3.63, 3.8) is 0 Å². The number of amides is 2. The van der Waals surface area contributed by atoms with Crippen molar-refractivity contribution in [3.8, 4) is 11.5 Å². The van der Waals surface area contributed by atoms with Crippen LogP contribution in [0.4, 0.5) is 5.69 Å². The van der Waals surface area contributed by atoms with Gasteiger partial charge in [-0.05, 0) is 80.1 Å². The second-order valence-electron chi connectivity index (χ2n) is 15.1. The third kappa shape index (κ3) is 15.4. The highest BCUT2D eigenvalue weighted by Crippen LogP contribution is 2.31. The number of aliphatic hydroxyl groups is 1. The largest absolute Gasteiger partial charge is 0.508 e. The fraction of sp³-hybridized carbons (Fsp3) is 0.545. The zero-order valence-electron chi connectivity index (χ0n) is 32.5. The molecule has 0 aliphatic heterocycles. The van der Waals surface area contributed by atoms with Crippen LogP contribution in [0.1, 0.15) is 145 Å². The number of anilines is 1. The van der Waals surface area contributed by atoms with Crippen LogP contribution < -0.4 is 10.6 Å². The van der Waals surface area contributed by atoms with E-state index >= 15 is 0 Å². The maximum absolute atomic E-state index is 14.3. The van der Waals surface area contributed by atoms with Crippen molar-refractivity contribution in [2.24, 2.45) is 0 Å². The molecular weight excluding hydrogens is 686 g/mol. The number of phenolic OH excluding ortho intramolecular Hbond substituents is 2. The Balaban J connectivity index is 1.67. The molecule has 2 amide bonds. The highest BCUT2D eigenvalue weighted by molar-refractivity contribution is 6.31. The Morgan fingerprint density at radius 3 is 2.13 bits per heavy atom. The van der Waals surface area contributed by atoms with Crippen LogP contribution in [-0.2, 0) is 22.6 Å². The van der Waals surface area contributed by atoms with E-state index in [1.165, 1.54) is 76.3 Å². The molecule has 0 bridgehead atoms. The maximum Gasteiger partial charge on any atom is 0.230 e. The number of carbonyl (C=O) groups is 2. The Kier molecular flexibility index (Phi) is 19.2. The topological polar surface area (TPSA) is 122 Å². The molecule has 3 aromatic carbocycles. The van der Waals surface area contributed by atoms with Crippen molar-refractivity contribution in [1.29, 1.82) is 0 Å². The number of rotatable bonds is 26. The number of phenols is 2. The summed E-state index contributed by atoms with van der Waals surface area (Å²) in [6.07, 6.45) is 16.2. The molecule has 3 rings (SSSR count). The number of unbranched alkanes of at least 4 members (excludes halogenated alkanes) is 11. The molecule has 3 aromatic rings. The van der Waals surface area contributed by atoms with E-state index in [0.717, 1.165) is 36.0 Å². The van der Waals surface area contributed by atoms with Gasteiger partial charge in [-0.25, -0.2) is 0 Å². The summed E-state index contributed by atoms with van der Waals surface area (Å²) in [7, 11) is 0. The van der Waals surface area contributed by atoms with E-state index in [1.807, 2.05) is 17.9 Å². The number of benzene rings is 3. The lowest BCUT2D eigenvalue weighted by Crippen LogP contribution is -2.43. The van der Waals surface area contributed by atoms with E-state index in [2.05, 4.69) is 49.6 Å². The minimum Gasteiger partial charge on any atom is -0.508 e. The Hall–Kier alpha value is -3.59. The number of hydrogen-bond acceptors (Lipinski definition) is 6. The number of aliphatic hydroxyl groups excluding tert-OH is 1. The SMILES string of the molecule is CCCCCCCCCCCCCCC(C(=O)N(CC)Cc1ccc(O)cc1Cl)c1cccc(CC(C)(C)NC[C@@H](O)c2ccc(O)c(NC=O)c2)c1. The molecular formula is C44H64ClN3O5. The van der Waals surface area contributed by atoms with Crippen LogP contribution in [0.5, 0.6) is 11.5 Å². The lowest BCUT2D eigenvalue weighted by molar-refractivity contribution is -0.133. The highest BCUT2D eigenvalue weighted by atomic mass is 35.5. The molecule has 9 heteroatoms. The molecule has 292 valence electrons. The van der Waals surface area contributed by atoms with Gasteiger partial charge in [0.25, 0.3) is 0 Å². The zero-order valence-corrected chi connectivity index (χ0v) is 33.3. The van der Waals surface area contributed by atoms with E-state index in [4.69, 9.17) is 11.6 Å². The number of carbonyl (C=O) groups excluding carboxylic acids is 2.